The Labute approximate surface area is 163 Å². The molecule has 27 heavy (non-hydrogen) atoms. The van der Waals surface area contributed by atoms with Gasteiger partial charge in [0.15, 0.2) is 0 Å². The number of β-amino-alcohol motifs (C(OH)–C–C–N with tert-alkyl or cyclic N) is 1. The number of ether oxygens (including phenoxy) is 1. The van der Waals surface area contributed by atoms with Gasteiger partial charge in [-0.25, -0.2) is 4.39 Å². The van der Waals surface area contributed by atoms with Gasteiger partial charge in [-0.05, 0) is 55.6 Å². The molecule has 0 radical (unpaired) electrons. The molecule has 1 fully saturated rings. The van der Waals surface area contributed by atoms with Gasteiger partial charge in [0.1, 0.15) is 35.9 Å². The number of rotatable bonds is 7. The van der Waals surface area contributed by atoms with E-state index in [0.717, 1.165) is 31.4 Å². The van der Waals surface area contributed by atoms with E-state index in [2.05, 4.69) is 4.90 Å². The van der Waals surface area contributed by atoms with E-state index in [-0.39, 0.29) is 24.0 Å². The summed E-state index contributed by atoms with van der Waals surface area (Å²) < 4.78 is 19.0. The molecule has 142 valence electrons. The van der Waals surface area contributed by atoms with Crippen LogP contribution in [0.15, 0.2) is 42.5 Å². The molecule has 1 saturated heterocycles. The Morgan fingerprint density at radius 1 is 1.33 bits per heavy atom. The maximum absolute atomic E-state index is 13.4. The standard InChI is InChI=1S/C21H22ClFN2O2/c22-20-7-2-8-21(19(20)12-24)27-14-18(26)13-25-9-3-6-17(25)11-15-4-1-5-16(23)10-15/h1-2,4-5,7-8,10,17-18,26H,3,6,9,11,13-14H2/t17-,18+/m0/s1. The second kappa shape index (κ2) is 9.18. The smallest absolute Gasteiger partial charge is 0.138 e. The van der Waals surface area contributed by atoms with Crippen molar-refractivity contribution in [3.63, 3.8) is 0 Å². The minimum absolute atomic E-state index is 0.0816. The molecule has 1 N–H and O–H groups in total. The summed E-state index contributed by atoms with van der Waals surface area (Å²) in [5.41, 5.74) is 1.24. The minimum Gasteiger partial charge on any atom is -0.489 e. The molecule has 2 aromatic carbocycles. The van der Waals surface area contributed by atoms with Crippen molar-refractivity contribution < 1.29 is 14.2 Å². The zero-order chi connectivity index (χ0) is 19.2. The second-order valence-corrected chi connectivity index (χ2v) is 7.22. The van der Waals surface area contributed by atoms with Crippen LogP contribution in [0.3, 0.4) is 0 Å². The normalized spacial score (nSPS) is 18.2. The molecule has 3 rings (SSSR count). The number of hydrogen-bond acceptors (Lipinski definition) is 4. The van der Waals surface area contributed by atoms with E-state index >= 15 is 0 Å². The van der Waals surface area contributed by atoms with Crippen LogP contribution in [-0.4, -0.2) is 41.8 Å². The molecule has 6 heteroatoms. The fourth-order valence-electron chi connectivity index (χ4n) is 3.55. The molecule has 0 unspecified atom stereocenters. The van der Waals surface area contributed by atoms with Crippen molar-refractivity contribution in [1.82, 2.24) is 4.90 Å². The molecule has 1 heterocycles. The molecule has 0 aliphatic carbocycles. The largest absolute Gasteiger partial charge is 0.489 e. The van der Waals surface area contributed by atoms with Gasteiger partial charge in [-0.1, -0.05) is 29.8 Å². The van der Waals surface area contributed by atoms with Crippen LogP contribution in [0.4, 0.5) is 4.39 Å². The van der Waals surface area contributed by atoms with Crippen molar-refractivity contribution in [2.75, 3.05) is 19.7 Å². The number of hydrogen-bond donors (Lipinski definition) is 1. The Hall–Kier alpha value is -2.13. The van der Waals surface area contributed by atoms with E-state index in [1.165, 1.54) is 6.07 Å². The van der Waals surface area contributed by atoms with Gasteiger partial charge in [0.25, 0.3) is 0 Å². The van der Waals surface area contributed by atoms with Gasteiger partial charge >= 0.3 is 0 Å². The summed E-state index contributed by atoms with van der Waals surface area (Å²) >= 11 is 5.99. The fourth-order valence-corrected chi connectivity index (χ4v) is 3.75. The molecule has 1 aliphatic heterocycles. The number of aliphatic hydroxyl groups is 1. The zero-order valence-electron chi connectivity index (χ0n) is 14.9. The maximum atomic E-state index is 13.4. The Morgan fingerprint density at radius 2 is 2.15 bits per heavy atom. The molecule has 0 bridgehead atoms. The van der Waals surface area contributed by atoms with E-state index in [9.17, 15) is 14.8 Å². The molecule has 1 aliphatic rings. The van der Waals surface area contributed by atoms with Crippen LogP contribution in [0.1, 0.15) is 24.0 Å². The average molecular weight is 389 g/mol. The fraction of sp³-hybridized carbons (Fsp3) is 0.381. The van der Waals surface area contributed by atoms with E-state index in [4.69, 9.17) is 16.3 Å². The number of aliphatic hydroxyl groups excluding tert-OH is 1. The summed E-state index contributed by atoms with van der Waals surface area (Å²) in [6.07, 6.45) is 2.15. The van der Waals surface area contributed by atoms with Crippen LogP contribution in [0, 0.1) is 17.1 Å². The highest BCUT2D eigenvalue weighted by molar-refractivity contribution is 6.31. The summed E-state index contributed by atoms with van der Waals surface area (Å²) in [4.78, 5) is 2.22. The highest BCUT2D eigenvalue weighted by atomic mass is 35.5. The van der Waals surface area contributed by atoms with Crippen LogP contribution in [0.25, 0.3) is 0 Å². The molecule has 0 aromatic heterocycles. The van der Waals surface area contributed by atoms with Crippen molar-refractivity contribution in [1.29, 1.82) is 5.26 Å². The monoisotopic (exact) mass is 388 g/mol. The first kappa shape index (κ1) is 19.6. The summed E-state index contributed by atoms with van der Waals surface area (Å²) in [6, 6.07) is 14.0. The molecule has 0 amide bonds. The Balaban J connectivity index is 1.55. The molecule has 2 aromatic rings. The zero-order valence-corrected chi connectivity index (χ0v) is 15.7. The maximum Gasteiger partial charge on any atom is 0.138 e. The number of nitrogens with zero attached hydrogens (tertiary/aromatic N) is 2. The summed E-state index contributed by atoms with van der Waals surface area (Å²) in [7, 11) is 0. The number of likely N-dealkylation sites (tertiary alicyclic amines) is 1. The predicted molar refractivity (Wildman–Crippen MR) is 102 cm³/mol. The van der Waals surface area contributed by atoms with Crippen LogP contribution in [0.2, 0.25) is 5.02 Å². The van der Waals surface area contributed by atoms with Crippen LogP contribution < -0.4 is 4.74 Å². The second-order valence-electron chi connectivity index (χ2n) is 6.81. The van der Waals surface area contributed by atoms with E-state index in [1.54, 1.807) is 30.3 Å². The lowest BCUT2D eigenvalue weighted by molar-refractivity contribution is 0.0638. The first-order valence-electron chi connectivity index (χ1n) is 9.05. The Morgan fingerprint density at radius 3 is 2.93 bits per heavy atom. The molecule has 0 spiro atoms. The van der Waals surface area contributed by atoms with E-state index < -0.39 is 6.10 Å². The van der Waals surface area contributed by atoms with Gasteiger partial charge in [-0.15, -0.1) is 0 Å². The van der Waals surface area contributed by atoms with Crippen LogP contribution >= 0.6 is 11.6 Å². The van der Waals surface area contributed by atoms with Crippen molar-refractivity contribution in [3.05, 3.63) is 64.4 Å². The van der Waals surface area contributed by atoms with Crippen LogP contribution in [0.5, 0.6) is 5.75 Å². The number of halogens is 2. The molecular weight excluding hydrogens is 367 g/mol. The highest BCUT2D eigenvalue weighted by Crippen LogP contribution is 2.26. The quantitative estimate of drug-likeness (QED) is 0.783. The first-order chi connectivity index (χ1) is 13.1. The van der Waals surface area contributed by atoms with Crippen molar-refractivity contribution in [2.45, 2.75) is 31.4 Å². The van der Waals surface area contributed by atoms with Crippen molar-refractivity contribution in [2.24, 2.45) is 0 Å². The molecule has 2 atom stereocenters. The van der Waals surface area contributed by atoms with Gasteiger partial charge in [-0.3, -0.25) is 4.90 Å². The third-order valence-electron chi connectivity index (χ3n) is 4.82. The highest BCUT2D eigenvalue weighted by Gasteiger charge is 2.26. The average Bonchev–Trinajstić information content (AvgIpc) is 3.06. The predicted octanol–water partition coefficient (Wildman–Crippen LogP) is 3.80. The van der Waals surface area contributed by atoms with Gasteiger partial charge in [0, 0.05) is 12.6 Å². The van der Waals surface area contributed by atoms with E-state index in [1.807, 2.05) is 12.1 Å². The van der Waals surface area contributed by atoms with Gasteiger partial charge < -0.3 is 9.84 Å². The SMILES string of the molecule is N#Cc1c(Cl)cccc1OC[C@H](O)CN1CCC[C@H]1Cc1cccc(F)c1. The van der Waals surface area contributed by atoms with Crippen molar-refractivity contribution in [3.8, 4) is 11.8 Å². The lowest BCUT2D eigenvalue weighted by atomic mass is 10.0. The Bertz CT molecular complexity index is 824. The topological polar surface area (TPSA) is 56.5 Å². The lowest BCUT2D eigenvalue weighted by Crippen LogP contribution is -2.39. The lowest BCUT2D eigenvalue weighted by Gasteiger charge is -2.27. The Kier molecular flexibility index (Phi) is 6.68. The third kappa shape index (κ3) is 5.20. The number of benzene rings is 2. The van der Waals surface area contributed by atoms with Gasteiger partial charge in [0.05, 0.1) is 5.02 Å². The summed E-state index contributed by atoms with van der Waals surface area (Å²) in [5.74, 6) is 0.155. The first-order valence-corrected chi connectivity index (χ1v) is 9.42. The van der Waals surface area contributed by atoms with E-state index in [0.29, 0.717) is 17.3 Å². The summed E-state index contributed by atoms with van der Waals surface area (Å²) in [5, 5.41) is 19.9. The van der Waals surface area contributed by atoms with Gasteiger partial charge in [-0.2, -0.15) is 5.26 Å². The molecular formula is C21H22ClFN2O2. The third-order valence-corrected chi connectivity index (χ3v) is 5.14. The van der Waals surface area contributed by atoms with Gasteiger partial charge in [0.2, 0.25) is 0 Å². The number of nitriles is 1. The molecule has 4 nitrogen and oxygen atoms in total. The summed E-state index contributed by atoms with van der Waals surface area (Å²) in [6.45, 7) is 1.46. The minimum atomic E-state index is -0.691. The van der Waals surface area contributed by atoms with Crippen LogP contribution in [-0.2, 0) is 6.42 Å². The van der Waals surface area contributed by atoms with Crippen molar-refractivity contribution >= 4 is 11.6 Å². The molecule has 0 saturated carbocycles.